The van der Waals surface area contributed by atoms with Crippen LogP contribution in [0, 0.1) is 0 Å². The molecule has 0 unspecified atom stereocenters. The summed E-state index contributed by atoms with van der Waals surface area (Å²) in [5.74, 6) is 3.45. The minimum absolute atomic E-state index is 0.0130. The Labute approximate surface area is 131 Å². The molecule has 0 amide bonds. The zero-order chi connectivity index (χ0) is 15.6. The molecule has 2 aliphatic heterocycles. The molecule has 2 saturated heterocycles. The van der Waals surface area contributed by atoms with Crippen LogP contribution in [0.5, 0.6) is 0 Å². The predicted octanol–water partition coefficient (Wildman–Crippen LogP) is 2.63. The predicted molar refractivity (Wildman–Crippen MR) is 83.7 cm³/mol. The number of alkyl halides is 2. The molecular weight excluding hydrogens is 284 g/mol. The van der Waals surface area contributed by atoms with E-state index >= 15 is 0 Å². The molecule has 1 aromatic rings. The molecule has 0 aliphatic carbocycles. The Balaban J connectivity index is 1.75. The smallest absolute Gasteiger partial charge is 0.250 e. The number of piperidine rings is 2. The van der Waals surface area contributed by atoms with Crippen LogP contribution in [0.3, 0.4) is 0 Å². The van der Waals surface area contributed by atoms with Gasteiger partial charge >= 0.3 is 0 Å². The van der Waals surface area contributed by atoms with Gasteiger partial charge < -0.3 is 4.90 Å². The lowest BCUT2D eigenvalue weighted by molar-refractivity contribution is -0.0603. The lowest BCUT2D eigenvalue weighted by Gasteiger charge is -2.45. The fraction of sp³-hybridized carbons (Fsp3) is 0.647. The molecular formula is C17H25F2N3. The van der Waals surface area contributed by atoms with Gasteiger partial charge in [-0.25, -0.2) is 13.8 Å². The summed E-state index contributed by atoms with van der Waals surface area (Å²) in [5.41, 5.74) is 1.37. The first kappa shape index (κ1) is 15.8. The van der Waals surface area contributed by atoms with Crippen molar-refractivity contribution >= 4 is 0 Å². The van der Waals surface area contributed by atoms with Crippen molar-refractivity contribution in [2.24, 2.45) is 5.84 Å². The van der Waals surface area contributed by atoms with Crippen LogP contribution in [0.15, 0.2) is 30.3 Å². The maximum absolute atomic E-state index is 13.4. The van der Waals surface area contributed by atoms with Gasteiger partial charge in [0.05, 0.1) is 0 Å². The third-order valence-corrected chi connectivity index (χ3v) is 5.26. The highest BCUT2D eigenvalue weighted by molar-refractivity contribution is 5.27. The van der Waals surface area contributed by atoms with E-state index in [1.165, 1.54) is 5.56 Å². The van der Waals surface area contributed by atoms with Crippen LogP contribution >= 0.6 is 0 Å². The number of hydrogen-bond acceptors (Lipinski definition) is 3. The first-order chi connectivity index (χ1) is 10.5. The molecule has 2 fully saturated rings. The lowest BCUT2D eigenvalue weighted by Crippen LogP contribution is -2.52. The molecule has 3 nitrogen and oxygen atoms in total. The summed E-state index contributed by atoms with van der Waals surface area (Å²) < 4.78 is 26.8. The average Bonchev–Trinajstić information content (AvgIpc) is 2.53. The Hall–Kier alpha value is -1.04. The first-order valence-corrected chi connectivity index (χ1v) is 8.15. The van der Waals surface area contributed by atoms with E-state index in [0.29, 0.717) is 13.1 Å². The molecule has 0 radical (unpaired) electrons. The van der Waals surface area contributed by atoms with E-state index in [1.54, 1.807) is 0 Å². The molecule has 0 atom stereocenters. The molecule has 0 bridgehead atoms. The molecule has 0 saturated carbocycles. The second-order valence-corrected chi connectivity index (χ2v) is 6.81. The molecule has 5 heteroatoms. The zero-order valence-electron chi connectivity index (χ0n) is 13.0. The maximum atomic E-state index is 13.4. The van der Waals surface area contributed by atoms with Crippen molar-refractivity contribution in [3.8, 4) is 0 Å². The molecule has 2 N–H and O–H groups in total. The highest BCUT2D eigenvalue weighted by atomic mass is 19.3. The number of rotatable bonds is 3. The molecule has 2 aliphatic rings. The van der Waals surface area contributed by atoms with Crippen LogP contribution < -0.4 is 5.84 Å². The summed E-state index contributed by atoms with van der Waals surface area (Å²) in [6.07, 6.45) is 1.95. The normalized spacial score (nSPS) is 26.0. The number of halogens is 2. The molecule has 0 spiro atoms. The van der Waals surface area contributed by atoms with Gasteiger partial charge in [-0.1, -0.05) is 30.3 Å². The van der Waals surface area contributed by atoms with Crippen molar-refractivity contribution in [2.75, 3.05) is 32.7 Å². The Morgan fingerprint density at radius 1 is 0.909 bits per heavy atom. The van der Waals surface area contributed by atoms with Crippen molar-refractivity contribution in [2.45, 2.75) is 37.0 Å². The summed E-state index contributed by atoms with van der Waals surface area (Å²) in [4.78, 5) is 2.22. The second-order valence-electron chi connectivity index (χ2n) is 6.81. The average molecular weight is 309 g/mol. The van der Waals surface area contributed by atoms with Gasteiger partial charge in [-0.2, -0.15) is 0 Å². The highest BCUT2D eigenvalue weighted by Gasteiger charge is 2.40. The van der Waals surface area contributed by atoms with Crippen LogP contribution in [0.25, 0.3) is 0 Å². The van der Waals surface area contributed by atoms with Crippen molar-refractivity contribution < 1.29 is 8.78 Å². The molecule has 22 heavy (non-hydrogen) atoms. The Bertz CT molecular complexity index is 474. The summed E-state index contributed by atoms with van der Waals surface area (Å²) >= 11 is 0. The van der Waals surface area contributed by atoms with E-state index in [9.17, 15) is 8.78 Å². The van der Waals surface area contributed by atoms with E-state index in [4.69, 9.17) is 5.84 Å². The first-order valence-electron chi connectivity index (χ1n) is 8.15. The summed E-state index contributed by atoms with van der Waals surface area (Å²) in [5, 5.41) is 1.87. The monoisotopic (exact) mass is 309 g/mol. The molecule has 1 aromatic carbocycles. The summed E-state index contributed by atoms with van der Waals surface area (Å²) in [6, 6.07) is 10.5. The molecule has 0 aromatic heterocycles. The lowest BCUT2D eigenvalue weighted by atomic mass is 9.72. The Morgan fingerprint density at radius 3 is 2.09 bits per heavy atom. The topological polar surface area (TPSA) is 32.5 Å². The SMILES string of the molecule is NN1CCC(CN2CCC(F)(F)CC2)(c2ccccc2)CC1. The van der Waals surface area contributed by atoms with Crippen LogP contribution in [-0.2, 0) is 5.41 Å². The number of nitrogens with zero attached hydrogens (tertiary/aromatic N) is 2. The van der Waals surface area contributed by atoms with Gasteiger partial charge in [-0.15, -0.1) is 0 Å². The third kappa shape index (κ3) is 3.47. The van der Waals surface area contributed by atoms with Gasteiger partial charge in [-0.3, -0.25) is 5.84 Å². The van der Waals surface area contributed by atoms with E-state index in [2.05, 4.69) is 29.2 Å². The van der Waals surface area contributed by atoms with Crippen LogP contribution in [-0.4, -0.2) is 48.6 Å². The van der Waals surface area contributed by atoms with Crippen molar-refractivity contribution in [1.29, 1.82) is 0 Å². The van der Waals surface area contributed by atoms with Gasteiger partial charge in [0.1, 0.15) is 0 Å². The minimum Gasteiger partial charge on any atom is -0.302 e. The number of hydrazine groups is 1. The van der Waals surface area contributed by atoms with Crippen LogP contribution in [0.2, 0.25) is 0 Å². The standard InChI is InChI=1S/C17H25F2N3/c18-17(19)8-10-21(11-9-17)14-16(6-12-22(20)13-7-16)15-4-2-1-3-5-15/h1-5H,6-14,20H2. The highest BCUT2D eigenvalue weighted by Crippen LogP contribution is 2.37. The summed E-state index contributed by atoms with van der Waals surface area (Å²) in [6.45, 7) is 3.57. The number of likely N-dealkylation sites (tertiary alicyclic amines) is 1. The Kier molecular flexibility index (Phi) is 4.48. The van der Waals surface area contributed by atoms with E-state index in [0.717, 1.165) is 32.5 Å². The van der Waals surface area contributed by atoms with E-state index in [1.807, 2.05) is 11.1 Å². The maximum Gasteiger partial charge on any atom is 0.250 e. The van der Waals surface area contributed by atoms with Crippen LogP contribution in [0.1, 0.15) is 31.2 Å². The van der Waals surface area contributed by atoms with Crippen molar-refractivity contribution in [3.63, 3.8) is 0 Å². The fourth-order valence-corrected chi connectivity index (χ4v) is 3.75. The fourth-order valence-electron chi connectivity index (χ4n) is 3.75. The largest absolute Gasteiger partial charge is 0.302 e. The van der Waals surface area contributed by atoms with Gasteiger partial charge in [0.25, 0.3) is 5.92 Å². The number of hydrogen-bond donors (Lipinski definition) is 1. The quantitative estimate of drug-likeness (QED) is 0.871. The minimum atomic E-state index is -2.48. The van der Waals surface area contributed by atoms with Crippen LogP contribution in [0.4, 0.5) is 8.78 Å². The van der Waals surface area contributed by atoms with Crippen molar-refractivity contribution in [3.05, 3.63) is 35.9 Å². The third-order valence-electron chi connectivity index (χ3n) is 5.26. The van der Waals surface area contributed by atoms with E-state index < -0.39 is 5.92 Å². The molecule has 122 valence electrons. The van der Waals surface area contributed by atoms with Gasteiger partial charge in [0, 0.05) is 51.0 Å². The number of benzene rings is 1. The van der Waals surface area contributed by atoms with Crippen molar-refractivity contribution in [1.82, 2.24) is 9.91 Å². The second kappa shape index (κ2) is 6.22. The number of nitrogens with two attached hydrogens (primary N) is 1. The molecule has 2 heterocycles. The zero-order valence-corrected chi connectivity index (χ0v) is 13.0. The molecule has 3 rings (SSSR count). The van der Waals surface area contributed by atoms with Gasteiger partial charge in [-0.05, 0) is 18.4 Å². The van der Waals surface area contributed by atoms with Gasteiger partial charge in [0.15, 0.2) is 0 Å². The summed E-state index contributed by atoms with van der Waals surface area (Å²) in [7, 11) is 0. The van der Waals surface area contributed by atoms with E-state index in [-0.39, 0.29) is 18.3 Å². The Morgan fingerprint density at radius 2 is 1.50 bits per heavy atom. The van der Waals surface area contributed by atoms with Gasteiger partial charge in [0.2, 0.25) is 0 Å².